The number of carbonyl (C=O) groups is 4. The zero-order valence-corrected chi connectivity index (χ0v) is 60.6. The Balaban J connectivity index is 5.29. The Kier molecular flexibility index (Phi) is 60.7. The van der Waals surface area contributed by atoms with E-state index in [1.807, 2.05) is 0 Å². The van der Waals surface area contributed by atoms with Gasteiger partial charge in [-0.1, -0.05) is 285 Å². The molecule has 0 aliphatic carbocycles. The summed E-state index contributed by atoms with van der Waals surface area (Å²) in [7, 11) is -9.92. The maximum atomic E-state index is 13.0. The molecule has 19 heteroatoms. The number of phosphoric acid groups is 2. The molecule has 0 saturated carbocycles. The Morgan fingerprint density at radius 1 is 0.363 bits per heavy atom. The van der Waals surface area contributed by atoms with Crippen LogP contribution in [0.25, 0.3) is 0 Å². The van der Waals surface area contributed by atoms with Crippen molar-refractivity contribution in [3.8, 4) is 0 Å². The lowest BCUT2D eigenvalue weighted by Crippen LogP contribution is -2.30. The maximum Gasteiger partial charge on any atom is 0.472 e. The van der Waals surface area contributed by atoms with E-state index in [9.17, 15) is 43.2 Å². The average Bonchev–Trinajstić information content (AvgIpc) is 3.66. The monoisotopic (exact) mass is 1330 g/mol. The van der Waals surface area contributed by atoms with E-state index in [4.69, 9.17) is 37.0 Å². The average molecular weight is 1340 g/mol. The summed E-state index contributed by atoms with van der Waals surface area (Å²) in [4.78, 5) is 72.6. The first-order chi connectivity index (χ1) is 43.8. The second kappa shape index (κ2) is 62.4. The molecule has 0 aromatic rings. The van der Waals surface area contributed by atoms with Crippen LogP contribution in [0, 0.1) is 17.8 Å². The van der Waals surface area contributed by atoms with Gasteiger partial charge in [0.15, 0.2) is 12.2 Å². The highest BCUT2D eigenvalue weighted by molar-refractivity contribution is 7.47. The molecule has 0 aliphatic rings. The Hall–Kier alpha value is -2.46. The lowest BCUT2D eigenvalue weighted by Gasteiger charge is -2.21. The van der Waals surface area contributed by atoms with Gasteiger partial charge in [-0.05, 0) is 69.1 Å². The van der Waals surface area contributed by atoms with Gasteiger partial charge in [0.2, 0.25) is 0 Å². The summed E-state index contributed by atoms with van der Waals surface area (Å²) in [5, 5.41) is 10.6. The molecule has 0 aromatic carbocycles. The topological polar surface area (TPSA) is 237 Å². The standard InChI is InChI=1S/C72H136O17P2/c1-8-10-11-12-13-14-15-16-17-18-23-26-33-41-48-55-71(76)88-67(59-82-69(74)53-46-39-31-25-22-20-19-21-24-29-36-43-50-63(3)4)61-86-90(78,79)84-57-66(73)58-85-91(80,81)87-62-68(89-72(77)56-49-42-35-34-38-45-52-65(7)9-2)60-83-70(75)54-47-40-32-28-27-30-37-44-51-64(5)6/h14-17,63-68,73H,8-13,18-62H2,1-7H3,(H,78,79)(H,80,81)/b15-14-,17-16-/t65?,66?,67-,68-/m1/s1. The quantitative estimate of drug-likeness (QED) is 0.0169. The van der Waals surface area contributed by atoms with Gasteiger partial charge in [-0.3, -0.25) is 37.3 Å². The summed E-state index contributed by atoms with van der Waals surface area (Å²) in [6.07, 6.45) is 49.5. The Labute approximate surface area is 554 Å². The van der Waals surface area contributed by atoms with Crippen molar-refractivity contribution in [2.45, 2.75) is 356 Å². The van der Waals surface area contributed by atoms with Crippen molar-refractivity contribution in [3.05, 3.63) is 24.3 Å². The van der Waals surface area contributed by atoms with Crippen LogP contribution in [0.2, 0.25) is 0 Å². The summed E-state index contributed by atoms with van der Waals surface area (Å²) in [5.41, 5.74) is 0. The van der Waals surface area contributed by atoms with E-state index in [1.165, 1.54) is 135 Å². The van der Waals surface area contributed by atoms with Gasteiger partial charge in [0.25, 0.3) is 0 Å². The van der Waals surface area contributed by atoms with Crippen LogP contribution in [0.3, 0.4) is 0 Å². The van der Waals surface area contributed by atoms with Gasteiger partial charge in [0.05, 0.1) is 26.4 Å². The van der Waals surface area contributed by atoms with Crippen LogP contribution < -0.4 is 0 Å². The van der Waals surface area contributed by atoms with Crippen LogP contribution in [0.1, 0.15) is 337 Å². The zero-order chi connectivity index (χ0) is 67.3. The second-order valence-corrected chi connectivity index (χ2v) is 29.4. The third-order valence-electron chi connectivity index (χ3n) is 16.4. The van der Waals surface area contributed by atoms with Crippen molar-refractivity contribution in [2.75, 3.05) is 39.6 Å². The molecule has 0 aliphatic heterocycles. The fourth-order valence-electron chi connectivity index (χ4n) is 10.3. The van der Waals surface area contributed by atoms with Crippen molar-refractivity contribution >= 4 is 39.5 Å². The molecule has 0 heterocycles. The summed E-state index contributed by atoms with van der Waals surface area (Å²) in [5.74, 6) is 0.0651. The minimum Gasteiger partial charge on any atom is -0.462 e. The van der Waals surface area contributed by atoms with Gasteiger partial charge in [-0.2, -0.15) is 0 Å². The van der Waals surface area contributed by atoms with Crippen molar-refractivity contribution in [3.63, 3.8) is 0 Å². The number of aliphatic hydroxyl groups excluding tert-OH is 1. The van der Waals surface area contributed by atoms with E-state index in [0.717, 1.165) is 120 Å². The van der Waals surface area contributed by atoms with E-state index in [-0.39, 0.29) is 25.7 Å². The van der Waals surface area contributed by atoms with E-state index in [1.54, 1.807) is 0 Å². The number of allylic oxidation sites excluding steroid dienone is 4. The molecule has 0 radical (unpaired) electrons. The lowest BCUT2D eigenvalue weighted by atomic mass is 10.00. The summed E-state index contributed by atoms with van der Waals surface area (Å²) in [6.45, 7) is 11.7. The minimum atomic E-state index is -4.96. The predicted molar refractivity (Wildman–Crippen MR) is 367 cm³/mol. The largest absolute Gasteiger partial charge is 0.472 e. The van der Waals surface area contributed by atoms with Gasteiger partial charge >= 0.3 is 39.5 Å². The molecule has 0 aromatic heterocycles. The summed E-state index contributed by atoms with van der Waals surface area (Å²) in [6, 6.07) is 0. The van der Waals surface area contributed by atoms with Crippen LogP contribution in [0.5, 0.6) is 0 Å². The molecule has 91 heavy (non-hydrogen) atoms. The number of rotatable bonds is 68. The first-order valence-electron chi connectivity index (χ1n) is 36.7. The maximum absolute atomic E-state index is 13.0. The molecular weight excluding hydrogens is 1200 g/mol. The molecule has 0 amide bonds. The number of esters is 4. The highest BCUT2D eigenvalue weighted by Crippen LogP contribution is 2.45. The van der Waals surface area contributed by atoms with Crippen LogP contribution in [0.4, 0.5) is 0 Å². The molecule has 17 nitrogen and oxygen atoms in total. The van der Waals surface area contributed by atoms with Crippen LogP contribution >= 0.6 is 15.6 Å². The third-order valence-corrected chi connectivity index (χ3v) is 18.3. The lowest BCUT2D eigenvalue weighted by molar-refractivity contribution is -0.161. The molecule has 0 spiro atoms. The minimum absolute atomic E-state index is 0.0845. The Morgan fingerprint density at radius 2 is 0.648 bits per heavy atom. The Bertz CT molecular complexity index is 1880. The molecule has 0 saturated heterocycles. The van der Waals surface area contributed by atoms with E-state index < -0.39 is 97.5 Å². The van der Waals surface area contributed by atoms with Gasteiger partial charge in [-0.15, -0.1) is 0 Å². The number of aliphatic hydroxyl groups is 1. The van der Waals surface area contributed by atoms with Gasteiger partial charge in [0.1, 0.15) is 19.3 Å². The zero-order valence-electron chi connectivity index (χ0n) is 58.8. The summed E-state index contributed by atoms with van der Waals surface area (Å²) >= 11 is 0. The molecule has 6 atom stereocenters. The number of carbonyl (C=O) groups excluding carboxylic acids is 4. The Morgan fingerprint density at radius 3 is 0.978 bits per heavy atom. The smallest absolute Gasteiger partial charge is 0.462 e. The summed E-state index contributed by atoms with van der Waals surface area (Å²) < 4.78 is 68.3. The SMILES string of the molecule is CCCCCC/C=C\C=C/CCCCCCCC(=O)O[C@H](COC(=O)CCCCCCCCCCCCCCC(C)C)COP(=O)(O)OCC(O)COP(=O)(O)OC[C@@H](COC(=O)CCCCCCCCCCC(C)C)OC(=O)CCCCCCCCC(C)CC. The third kappa shape index (κ3) is 64.6. The number of hydrogen-bond donors (Lipinski definition) is 3. The van der Waals surface area contributed by atoms with Crippen molar-refractivity contribution < 1.29 is 80.2 Å². The first kappa shape index (κ1) is 88.5. The number of ether oxygens (including phenoxy) is 4. The number of unbranched alkanes of at least 4 members (excludes halogenated alkanes) is 32. The molecule has 0 rings (SSSR count). The second-order valence-electron chi connectivity index (χ2n) is 26.5. The van der Waals surface area contributed by atoms with E-state index in [0.29, 0.717) is 25.7 Å². The van der Waals surface area contributed by atoms with E-state index in [2.05, 4.69) is 72.8 Å². The highest BCUT2D eigenvalue weighted by Gasteiger charge is 2.30. The number of hydrogen-bond acceptors (Lipinski definition) is 15. The van der Waals surface area contributed by atoms with Crippen LogP contribution in [-0.4, -0.2) is 96.7 Å². The number of phosphoric ester groups is 2. The molecule has 3 N–H and O–H groups in total. The van der Waals surface area contributed by atoms with Gasteiger partial charge in [-0.25, -0.2) is 9.13 Å². The van der Waals surface area contributed by atoms with Crippen molar-refractivity contribution in [1.82, 2.24) is 0 Å². The first-order valence-corrected chi connectivity index (χ1v) is 39.7. The molecule has 0 fully saturated rings. The predicted octanol–water partition coefficient (Wildman–Crippen LogP) is 20.2. The highest BCUT2D eigenvalue weighted by atomic mass is 31.2. The fourth-order valence-corrected chi connectivity index (χ4v) is 11.9. The fraction of sp³-hybridized carbons (Fsp3) is 0.889. The van der Waals surface area contributed by atoms with Gasteiger partial charge in [0, 0.05) is 25.7 Å². The van der Waals surface area contributed by atoms with Crippen molar-refractivity contribution in [1.29, 1.82) is 0 Å². The molecule has 536 valence electrons. The van der Waals surface area contributed by atoms with Crippen molar-refractivity contribution in [2.24, 2.45) is 17.8 Å². The molecular formula is C72H136O17P2. The van der Waals surface area contributed by atoms with Crippen LogP contribution in [0.15, 0.2) is 24.3 Å². The van der Waals surface area contributed by atoms with E-state index >= 15 is 0 Å². The normalized spacial score (nSPS) is 14.6. The molecule has 0 bridgehead atoms. The van der Waals surface area contributed by atoms with Crippen LogP contribution in [-0.2, 0) is 65.4 Å². The van der Waals surface area contributed by atoms with Gasteiger partial charge < -0.3 is 33.8 Å². The molecule has 4 unspecified atom stereocenters.